The zero-order valence-corrected chi connectivity index (χ0v) is 11.9. The molecule has 0 radical (unpaired) electrons. The van der Waals surface area contributed by atoms with E-state index in [-0.39, 0.29) is 5.91 Å². The molecule has 3 heteroatoms. The highest BCUT2D eigenvalue weighted by Crippen LogP contribution is 2.25. The Morgan fingerprint density at radius 1 is 1.28 bits per heavy atom. The van der Waals surface area contributed by atoms with Gasteiger partial charge in [0.1, 0.15) is 0 Å². The molecule has 0 bridgehead atoms. The van der Waals surface area contributed by atoms with Gasteiger partial charge >= 0.3 is 0 Å². The van der Waals surface area contributed by atoms with Crippen LogP contribution in [-0.4, -0.2) is 19.0 Å². The van der Waals surface area contributed by atoms with Gasteiger partial charge in [-0.25, -0.2) is 0 Å². The minimum absolute atomic E-state index is 0.217. The summed E-state index contributed by atoms with van der Waals surface area (Å²) in [4.78, 5) is 11.7. The molecular weight excluding hydrogens is 224 g/mol. The Labute approximate surface area is 112 Å². The van der Waals surface area contributed by atoms with Crippen LogP contribution in [0.5, 0.6) is 0 Å². The Kier molecular flexibility index (Phi) is 8.06. The third-order valence-corrected chi connectivity index (χ3v) is 4.12. The van der Waals surface area contributed by atoms with Crippen molar-refractivity contribution in [1.82, 2.24) is 5.32 Å². The highest BCUT2D eigenvalue weighted by atomic mass is 16.1. The van der Waals surface area contributed by atoms with Crippen LogP contribution in [0.25, 0.3) is 0 Å². The lowest BCUT2D eigenvalue weighted by molar-refractivity contribution is -0.121. The number of amides is 1. The number of hydrogen-bond donors (Lipinski definition) is 2. The summed E-state index contributed by atoms with van der Waals surface area (Å²) >= 11 is 0. The van der Waals surface area contributed by atoms with E-state index in [0.717, 1.165) is 31.8 Å². The lowest BCUT2D eigenvalue weighted by Gasteiger charge is -2.21. The summed E-state index contributed by atoms with van der Waals surface area (Å²) in [6, 6.07) is 0. The minimum atomic E-state index is 0.217. The highest BCUT2D eigenvalue weighted by Gasteiger charge is 2.13. The molecule has 0 spiro atoms. The largest absolute Gasteiger partial charge is 0.356 e. The number of carbonyl (C=O) groups excluding carboxylic acids is 1. The summed E-state index contributed by atoms with van der Waals surface area (Å²) in [6.07, 6.45) is 10.7. The van der Waals surface area contributed by atoms with Gasteiger partial charge < -0.3 is 11.1 Å². The summed E-state index contributed by atoms with van der Waals surface area (Å²) < 4.78 is 0. The van der Waals surface area contributed by atoms with Crippen LogP contribution in [0.2, 0.25) is 0 Å². The minimum Gasteiger partial charge on any atom is -0.356 e. The molecule has 0 saturated heterocycles. The molecule has 3 nitrogen and oxygen atoms in total. The molecule has 1 fully saturated rings. The van der Waals surface area contributed by atoms with Crippen molar-refractivity contribution >= 4 is 5.91 Å². The molecule has 3 N–H and O–H groups in total. The Balaban J connectivity index is 1.99. The van der Waals surface area contributed by atoms with Crippen LogP contribution in [0.3, 0.4) is 0 Å². The van der Waals surface area contributed by atoms with E-state index >= 15 is 0 Å². The fourth-order valence-electron chi connectivity index (χ4n) is 2.79. The maximum absolute atomic E-state index is 11.7. The summed E-state index contributed by atoms with van der Waals surface area (Å²) in [5, 5.41) is 3.06. The molecule has 1 aliphatic rings. The van der Waals surface area contributed by atoms with Gasteiger partial charge in [0.25, 0.3) is 0 Å². The van der Waals surface area contributed by atoms with Crippen molar-refractivity contribution in [2.45, 2.75) is 64.7 Å². The van der Waals surface area contributed by atoms with Crippen LogP contribution in [0.1, 0.15) is 64.7 Å². The molecule has 0 aliphatic heterocycles. The maximum Gasteiger partial charge on any atom is 0.220 e. The van der Waals surface area contributed by atoms with E-state index in [9.17, 15) is 4.79 Å². The second-order valence-corrected chi connectivity index (χ2v) is 5.86. The van der Waals surface area contributed by atoms with Crippen LogP contribution in [0.15, 0.2) is 0 Å². The molecule has 1 unspecified atom stereocenters. The first-order chi connectivity index (χ1) is 8.72. The number of rotatable bonds is 8. The predicted octanol–water partition coefficient (Wildman–Crippen LogP) is 2.84. The Morgan fingerprint density at radius 2 is 2.00 bits per heavy atom. The van der Waals surface area contributed by atoms with E-state index in [1.807, 2.05) is 0 Å². The molecule has 1 aliphatic carbocycles. The quantitative estimate of drug-likeness (QED) is 0.700. The van der Waals surface area contributed by atoms with Crippen LogP contribution in [-0.2, 0) is 4.79 Å². The van der Waals surface area contributed by atoms with Gasteiger partial charge in [-0.05, 0) is 37.6 Å². The SMILES string of the molecule is CC(CCN)CCC(=O)NCCC1CCCCC1. The topological polar surface area (TPSA) is 55.1 Å². The van der Waals surface area contributed by atoms with Crippen LogP contribution >= 0.6 is 0 Å². The monoisotopic (exact) mass is 254 g/mol. The van der Waals surface area contributed by atoms with Crippen molar-refractivity contribution < 1.29 is 4.79 Å². The molecule has 1 rings (SSSR count). The van der Waals surface area contributed by atoms with Crippen molar-refractivity contribution in [2.75, 3.05) is 13.1 Å². The van der Waals surface area contributed by atoms with Gasteiger partial charge in [-0.1, -0.05) is 39.0 Å². The third kappa shape index (κ3) is 7.00. The van der Waals surface area contributed by atoms with E-state index < -0.39 is 0 Å². The van der Waals surface area contributed by atoms with Crippen molar-refractivity contribution in [3.05, 3.63) is 0 Å². The van der Waals surface area contributed by atoms with E-state index in [1.165, 1.54) is 38.5 Å². The first-order valence-electron chi connectivity index (χ1n) is 7.69. The van der Waals surface area contributed by atoms with Gasteiger partial charge in [-0.2, -0.15) is 0 Å². The van der Waals surface area contributed by atoms with Crippen molar-refractivity contribution in [2.24, 2.45) is 17.6 Å². The molecular formula is C15H30N2O. The maximum atomic E-state index is 11.7. The standard InChI is InChI=1S/C15H30N2O/c1-13(9-11-16)7-8-15(18)17-12-10-14-5-3-2-4-6-14/h13-14H,2-12,16H2,1H3,(H,17,18). The van der Waals surface area contributed by atoms with Crippen LogP contribution in [0, 0.1) is 11.8 Å². The second-order valence-electron chi connectivity index (χ2n) is 5.86. The van der Waals surface area contributed by atoms with Gasteiger partial charge in [-0.15, -0.1) is 0 Å². The number of hydrogen-bond acceptors (Lipinski definition) is 2. The van der Waals surface area contributed by atoms with E-state index in [2.05, 4.69) is 12.2 Å². The number of nitrogens with two attached hydrogens (primary N) is 1. The molecule has 1 saturated carbocycles. The average Bonchev–Trinajstić information content (AvgIpc) is 2.38. The zero-order chi connectivity index (χ0) is 13.2. The van der Waals surface area contributed by atoms with E-state index in [4.69, 9.17) is 5.73 Å². The fourth-order valence-corrected chi connectivity index (χ4v) is 2.79. The molecule has 0 aromatic heterocycles. The zero-order valence-electron chi connectivity index (χ0n) is 11.9. The van der Waals surface area contributed by atoms with E-state index in [0.29, 0.717) is 12.3 Å². The van der Waals surface area contributed by atoms with Crippen molar-refractivity contribution in [3.8, 4) is 0 Å². The highest BCUT2D eigenvalue weighted by molar-refractivity contribution is 5.75. The molecule has 0 aromatic carbocycles. The normalized spacial score (nSPS) is 18.6. The predicted molar refractivity (Wildman–Crippen MR) is 76.3 cm³/mol. The second kappa shape index (κ2) is 9.37. The summed E-state index contributed by atoms with van der Waals surface area (Å²) in [5.41, 5.74) is 5.50. The van der Waals surface area contributed by atoms with Crippen molar-refractivity contribution in [3.63, 3.8) is 0 Å². The molecule has 106 valence electrons. The van der Waals surface area contributed by atoms with Gasteiger partial charge in [-0.3, -0.25) is 4.79 Å². The third-order valence-electron chi connectivity index (χ3n) is 4.12. The smallest absolute Gasteiger partial charge is 0.220 e. The number of carbonyl (C=O) groups is 1. The Bertz CT molecular complexity index is 225. The molecule has 1 amide bonds. The summed E-state index contributed by atoms with van der Waals surface area (Å²) in [7, 11) is 0. The van der Waals surface area contributed by atoms with Gasteiger partial charge in [0.2, 0.25) is 5.91 Å². The summed E-state index contributed by atoms with van der Waals surface area (Å²) in [6.45, 7) is 3.77. The Hall–Kier alpha value is -0.570. The summed E-state index contributed by atoms with van der Waals surface area (Å²) in [5.74, 6) is 1.64. The fraction of sp³-hybridized carbons (Fsp3) is 0.933. The van der Waals surface area contributed by atoms with Crippen LogP contribution < -0.4 is 11.1 Å². The van der Waals surface area contributed by atoms with E-state index in [1.54, 1.807) is 0 Å². The van der Waals surface area contributed by atoms with Gasteiger partial charge in [0.05, 0.1) is 0 Å². The Morgan fingerprint density at radius 3 is 2.67 bits per heavy atom. The number of nitrogens with one attached hydrogen (secondary N) is 1. The molecule has 1 atom stereocenters. The van der Waals surface area contributed by atoms with Gasteiger partial charge in [0.15, 0.2) is 0 Å². The molecule has 18 heavy (non-hydrogen) atoms. The lowest BCUT2D eigenvalue weighted by atomic mass is 9.87. The molecule has 0 aromatic rings. The van der Waals surface area contributed by atoms with Crippen molar-refractivity contribution in [1.29, 1.82) is 0 Å². The average molecular weight is 254 g/mol. The first-order valence-corrected chi connectivity index (χ1v) is 7.69. The van der Waals surface area contributed by atoms with Crippen LogP contribution in [0.4, 0.5) is 0 Å². The van der Waals surface area contributed by atoms with Gasteiger partial charge in [0, 0.05) is 13.0 Å². The first kappa shape index (κ1) is 15.5. The molecule has 0 heterocycles. The lowest BCUT2D eigenvalue weighted by Crippen LogP contribution is -2.26.